The van der Waals surface area contributed by atoms with Crippen LogP contribution in [0.2, 0.25) is 0 Å². The number of ether oxygens (including phenoxy) is 2. The molecule has 0 amide bonds. The van der Waals surface area contributed by atoms with Gasteiger partial charge in [-0.2, -0.15) is 0 Å². The molecule has 0 aliphatic heterocycles. The molecule has 0 aromatic carbocycles. The number of phosphoric ester groups is 3. The van der Waals surface area contributed by atoms with Crippen LogP contribution in [0.1, 0.15) is 219 Å². The lowest BCUT2D eigenvalue weighted by atomic mass is 9.85. The van der Waals surface area contributed by atoms with Crippen LogP contribution in [-0.4, -0.2) is 113 Å². The van der Waals surface area contributed by atoms with Crippen molar-refractivity contribution in [3.63, 3.8) is 0 Å². The Morgan fingerprint density at radius 3 is 1.20 bits per heavy atom. The van der Waals surface area contributed by atoms with Crippen molar-refractivity contribution >= 4 is 41.2 Å². The van der Waals surface area contributed by atoms with E-state index in [1.165, 1.54) is 83.5 Å². The van der Waals surface area contributed by atoms with Crippen molar-refractivity contribution in [2.45, 2.75) is 262 Å². The number of unbranched alkanes of at least 4 members (excludes halogenated alkanes) is 25. The molecule has 0 heterocycles. The van der Waals surface area contributed by atoms with Gasteiger partial charge >= 0.3 is 35.4 Å². The number of aliphatic hydroxyl groups excluding tert-OH is 3. The highest BCUT2D eigenvalue weighted by atomic mass is 31.2. The molecule has 1 aliphatic rings. The van der Waals surface area contributed by atoms with E-state index in [9.17, 15) is 67.9 Å². The molecule has 8 atom stereocenters. The minimum atomic E-state index is -5.56. The number of hydrogen-bond acceptors (Lipinski definition) is 15. The maximum absolute atomic E-state index is 13.2. The summed E-state index contributed by atoms with van der Waals surface area (Å²) in [5.41, 5.74) is 0. The number of phosphoric acid groups is 3. The van der Waals surface area contributed by atoms with E-state index in [0.29, 0.717) is 31.5 Å². The first kappa shape index (κ1) is 65.8. The first-order chi connectivity index (χ1) is 32.7. The molecule has 408 valence electrons. The minimum Gasteiger partial charge on any atom is -0.466 e. The Labute approximate surface area is 410 Å². The van der Waals surface area contributed by atoms with Crippen molar-refractivity contribution in [3.8, 4) is 0 Å². The number of esters is 2. The number of ketones is 1. The molecular weight excluding hydrogens is 965 g/mol. The summed E-state index contributed by atoms with van der Waals surface area (Å²) >= 11 is 0. The third kappa shape index (κ3) is 34.8. The normalized spacial score (nSPS) is 21.2. The van der Waals surface area contributed by atoms with Crippen molar-refractivity contribution in [3.05, 3.63) is 0 Å². The third-order valence-corrected chi connectivity index (χ3v) is 14.1. The van der Waals surface area contributed by atoms with Crippen LogP contribution in [0.3, 0.4) is 0 Å². The standard InChI is InChI=1S/C46H89O20P3/c1-3-5-6-7-8-9-10-13-17-20-23-26-29-33-39(48)63-38(35-40(49)61-34-30-27-24-21-18-15-12-11-14-16-19-22-25-28-32-37(47)31-4-2)36-62-69(59,60)66-46-42(51)44(64-67(53,54)55)41(50)45(43(46)52)65-68(56,57)58/h38,41-46,50-52H,3-36H2,1-2H3,(H,59,60)(H2,53,54,55)(H2,56,57,58)/t38-,41?,42+,43?,44+,45-,46?/m1/s1. The van der Waals surface area contributed by atoms with Gasteiger partial charge in [-0.3, -0.25) is 32.5 Å². The summed E-state index contributed by atoms with van der Waals surface area (Å²) in [4.78, 5) is 85.2. The van der Waals surface area contributed by atoms with Gasteiger partial charge < -0.3 is 49.3 Å². The van der Waals surface area contributed by atoms with Gasteiger partial charge in [-0.15, -0.1) is 0 Å². The van der Waals surface area contributed by atoms with E-state index in [2.05, 4.69) is 16.0 Å². The zero-order chi connectivity index (χ0) is 51.6. The van der Waals surface area contributed by atoms with E-state index in [4.69, 9.17) is 18.5 Å². The van der Waals surface area contributed by atoms with Gasteiger partial charge in [0.15, 0.2) is 0 Å². The summed E-state index contributed by atoms with van der Waals surface area (Å²) in [6.07, 6.45) is 14.5. The highest BCUT2D eigenvalue weighted by Crippen LogP contribution is 2.51. The predicted octanol–water partition coefficient (Wildman–Crippen LogP) is 9.09. The lowest BCUT2D eigenvalue weighted by molar-refractivity contribution is -0.213. The topological polar surface area (TPSA) is 320 Å². The van der Waals surface area contributed by atoms with Crippen molar-refractivity contribution in [2.75, 3.05) is 13.2 Å². The van der Waals surface area contributed by atoms with Gasteiger partial charge in [0, 0.05) is 19.3 Å². The molecule has 1 fully saturated rings. The van der Waals surface area contributed by atoms with E-state index in [1.54, 1.807) is 0 Å². The molecule has 20 nitrogen and oxygen atoms in total. The SMILES string of the molecule is CCCCCCCCCCCCCCCC(=O)O[C@@H](COP(=O)(O)OC1C(O)[C@H](OP(=O)(O)O)C(O)[C@H](OP(=O)(O)O)[C@@H]1O)CC(=O)OCCCCCCCCCCCCCCCCC(=O)CCC. The molecular formula is C46H89O20P3. The number of Topliss-reactive ketones (excluding diaryl/α,β-unsaturated/α-hetero) is 1. The van der Waals surface area contributed by atoms with Crippen LogP contribution in [0.5, 0.6) is 0 Å². The van der Waals surface area contributed by atoms with Gasteiger partial charge in [0.2, 0.25) is 0 Å². The molecule has 0 spiro atoms. The molecule has 0 radical (unpaired) electrons. The molecule has 1 aliphatic carbocycles. The Morgan fingerprint density at radius 1 is 0.449 bits per heavy atom. The maximum Gasteiger partial charge on any atom is 0.472 e. The average Bonchev–Trinajstić information content (AvgIpc) is 3.26. The van der Waals surface area contributed by atoms with Crippen LogP contribution >= 0.6 is 23.5 Å². The van der Waals surface area contributed by atoms with Gasteiger partial charge in [-0.25, -0.2) is 13.7 Å². The van der Waals surface area contributed by atoms with Crippen LogP contribution in [0.4, 0.5) is 0 Å². The Bertz CT molecular complexity index is 1470. The number of carbonyl (C=O) groups excluding carboxylic acids is 3. The third-order valence-electron chi connectivity index (χ3n) is 12.0. The van der Waals surface area contributed by atoms with Crippen molar-refractivity contribution < 1.29 is 95.4 Å². The van der Waals surface area contributed by atoms with E-state index in [-0.39, 0.29) is 13.0 Å². The number of carbonyl (C=O) groups is 3. The summed E-state index contributed by atoms with van der Waals surface area (Å²) in [5, 5.41) is 31.9. The van der Waals surface area contributed by atoms with Gasteiger partial charge in [-0.1, -0.05) is 168 Å². The number of rotatable bonds is 45. The summed E-state index contributed by atoms with van der Waals surface area (Å²) in [6, 6.07) is 0. The summed E-state index contributed by atoms with van der Waals surface area (Å²) < 4.78 is 65.6. The fourth-order valence-electron chi connectivity index (χ4n) is 8.27. The van der Waals surface area contributed by atoms with Crippen molar-refractivity contribution in [2.24, 2.45) is 0 Å². The zero-order valence-electron chi connectivity index (χ0n) is 41.4. The molecule has 0 bridgehead atoms. The second-order valence-electron chi connectivity index (χ2n) is 18.4. The fraction of sp³-hybridized carbons (Fsp3) is 0.935. The molecule has 23 heteroatoms. The maximum atomic E-state index is 13.2. The van der Waals surface area contributed by atoms with Gasteiger partial charge in [0.05, 0.1) is 19.6 Å². The highest BCUT2D eigenvalue weighted by molar-refractivity contribution is 7.47. The van der Waals surface area contributed by atoms with Crippen molar-refractivity contribution in [1.29, 1.82) is 0 Å². The highest BCUT2D eigenvalue weighted by Gasteiger charge is 2.56. The van der Waals surface area contributed by atoms with Crippen LogP contribution in [0.15, 0.2) is 0 Å². The fourth-order valence-corrected chi connectivity index (χ4v) is 10.4. The van der Waals surface area contributed by atoms with Crippen LogP contribution < -0.4 is 0 Å². The summed E-state index contributed by atoms with van der Waals surface area (Å²) in [7, 11) is -16.6. The molecule has 1 rings (SSSR count). The Hall–Kier alpha value is -1.18. The van der Waals surface area contributed by atoms with Crippen LogP contribution in [0, 0.1) is 0 Å². The largest absolute Gasteiger partial charge is 0.472 e. The molecule has 0 aromatic heterocycles. The average molecular weight is 1060 g/mol. The Balaban J connectivity index is 2.66. The van der Waals surface area contributed by atoms with Gasteiger partial charge in [-0.05, 0) is 25.7 Å². The zero-order valence-corrected chi connectivity index (χ0v) is 44.1. The smallest absolute Gasteiger partial charge is 0.466 e. The van der Waals surface area contributed by atoms with Gasteiger partial charge in [0.25, 0.3) is 0 Å². The van der Waals surface area contributed by atoms with Gasteiger partial charge in [0.1, 0.15) is 48.5 Å². The molecule has 0 saturated heterocycles. The quantitative estimate of drug-likeness (QED) is 0.0160. The second-order valence-corrected chi connectivity index (χ2v) is 22.2. The lowest BCUT2D eigenvalue weighted by Gasteiger charge is -2.44. The summed E-state index contributed by atoms with van der Waals surface area (Å²) in [5.74, 6) is -1.14. The van der Waals surface area contributed by atoms with E-state index < -0.39 is 91.2 Å². The first-order valence-electron chi connectivity index (χ1n) is 25.7. The number of aliphatic hydroxyl groups is 3. The van der Waals surface area contributed by atoms with Crippen LogP contribution in [-0.2, 0) is 55.6 Å². The van der Waals surface area contributed by atoms with E-state index >= 15 is 0 Å². The molecule has 69 heavy (non-hydrogen) atoms. The Kier molecular flexibility index (Phi) is 36.6. The second kappa shape index (κ2) is 38.4. The molecule has 8 N–H and O–H groups in total. The predicted molar refractivity (Wildman–Crippen MR) is 257 cm³/mol. The summed E-state index contributed by atoms with van der Waals surface area (Å²) in [6.45, 7) is 3.35. The number of hydrogen-bond donors (Lipinski definition) is 8. The Morgan fingerprint density at radius 2 is 0.812 bits per heavy atom. The molecule has 0 aromatic rings. The molecule has 4 unspecified atom stereocenters. The first-order valence-corrected chi connectivity index (χ1v) is 30.3. The monoisotopic (exact) mass is 1050 g/mol. The minimum absolute atomic E-state index is 0.0224. The lowest BCUT2D eigenvalue weighted by Crippen LogP contribution is -2.65. The van der Waals surface area contributed by atoms with E-state index in [0.717, 1.165) is 83.5 Å². The molecule has 1 saturated carbocycles. The van der Waals surface area contributed by atoms with Crippen molar-refractivity contribution in [1.82, 2.24) is 0 Å². The van der Waals surface area contributed by atoms with Crippen LogP contribution in [0.25, 0.3) is 0 Å². The van der Waals surface area contributed by atoms with E-state index in [1.807, 2.05) is 6.92 Å².